The van der Waals surface area contributed by atoms with Crippen molar-refractivity contribution in [2.75, 3.05) is 6.61 Å². The van der Waals surface area contributed by atoms with Gasteiger partial charge in [0.15, 0.2) is 5.51 Å². The maximum absolute atomic E-state index is 9.96. The average Bonchev–Trinajstić information content (AvgIpc) is 2.39. The third-order valence-corrected chi connectivity index (χ3v) is 1.42. The highest BCUT2D eigenvalue weighted by Gasteiger charge is 1.99. The lowest BCUT2D eigenvalue weighted by Crippen LogP contribution is -2.06. The molecule has 1 rings (SSSR count). The van der Waals surface area contributed by atoms with Gasteiger partial charge in [-0.25, -0.2) is 4.79 Å². The van der Waals surface area contributed by atoms with E-state index in [9.17, 15) is 4.79 Å². The summed E-state index contributed by atoms with van der Waals surface area (Å²) < 4.78 is 4.73. The number of hydrogen-bond donors (Lipinski definition) is 1. The molecule has 0 unspecified atom stereocenters. The molecule has 0 bridgehead atoms. The van der Waals surface area contributed by atoms with Crippen LogP contribution in [0.3, 0.4) is 0 Å². The molecular weight excluding hydrogens is 168 g/mol. The first-order valence-corrected chi connectivity index (χ1v) is 3.58. The van der Waals surface area contributed by atoms with E-state index in [-0.39, 0.29) is 13.2 Å². The van der Waals surface area contributed by atoms with E-state index in [2.05, 4.69) is 15.7 Å². The summed E-state index contributed by atoms with van der Waals surface area (Å²) in [5.41, 5.74) is 2.52. The molecule has 0 aliphatic rings. The second kappa shape index (κ2) is 3.99. The number of hydrogen-bond acceptors (Lipinski definition) is 5. The zero-order valence-electron chi connectivity index (χ0n) is 5.48. The van der Waals surface area contributed by atoms with E-state index in [1.807, 2.05) is 0 Å². The van der Waals surface area contributed by atoms with E-state index in [1.54, 1.807) is 0 Å². The van der Waals surface area contributed by atoms with Crippen molar-refractivity contribution >= 4 is 17.3 Å². The molecule has 0 aliphatic heterocycles. The molecule has 1 N–H and O–H groups in total. The van der Waals surface area contributed by atoms with Gasteiger partial charge in [0.1, 0.15) is 18.2 Å². The largest absolute Gasteiger partial charge is 0.480 e. The Balaban J connectivity index is 2.19. The zero-order chi connectivity index (χ0) is 8.10. The monoisotopic (exact) mass is 173 g/mol. The Morgan fingerprint density at radius 3 is 3.18 bits per heavy atom. The molecule has 11 heavy (non-hydrogen) atoms. The van der Waals surface area contributed by atoms with Crippen molar-refractivity contribution < 1.29 is 14.6 Å². The molecule has 0 spiro atoms. The lowest BCUT2D eigenvalue weighted by Gasteiger charge is -1.94. The maximum atomic E-state index is 9.96. The van der Waals surface area contributed by atoms with Gasteiger partial charge in [0.25, 0.3) is 0 Å². The molecule has 0 saturated carbocycles. The Bertz CT molecular complexity index is 224. The fourth-order valence-electron chi connectivity index (χ4n) is 0.454. The summed E-state index contributed by atoms with van der Waals surface area (Å²) in [6.45, 7) is -0.118. The summed E-state index contributed by atoms with van der Waals surface area (Å²) in [5.74, 6) is -0.988. The van der Waals surface area contributed by atoms with Crippen LogP contribution in [-0.4, -0.2) is 27.9 Å². The molecule has 1 aromatic rings. The normalized spacial score (nSPS) is 9.82. The van der Waals surface area contributed by atoms with Crippen molar-refractivity contribution in [1.29, 1.82) is 0 Å². The van der Waals surface area contributed by atoms with Gasteiger partial charge in [-0.15, -0.1) is 10.2 Å². The number of carboxylic acid groups (broad SMARTS) is 1. The Morgan fingerprint density at radius 1 is 1.82 bits per heavy atom. The smallest absolute Gasteiger partial charge is 0.329 e. The fraction of sp³-hybridized carbons (Fsp3) is 0.400. The number of carbonyl (C=O) groups is 1. The van der Waals surface area contributed by atoms with Crippen LogP contribution >= 0.6 is 11.3 Å². The maximum Gasteiger partial charge on any atom is 0.329 e. The van der Waals surface area contributed by atoms with E-state index < -0.39 is 5.97 Å². The third kappa shape index (κ3) is 3.06. The van der Waals surface area contributed by atoms with Crippen LogP contribution in [0.25, 0.3) is 0 Å². The number of carboxylic acids is 1. The van der Waals surface area contributed by atoms with Gasteiger partial charge in [-0.3, -0.25) is 0 Å². The van der Waals surface area contributed by atoms with Crippen molar-refractivity contribution in [3.05, 3.63) is 10.5 Å². The van der Waals surface area contributed by atoms with Crippen LogP contribution in [0.15, 0.2) is 0 Å². The highest BCUT2D eigenvalue weighted by Crippen LogP contribution is 2.01. The summed E-state index contributed by atoms with van der Waals surface area (Å²) in [7, 11) is 0. The molecule has 1 heterocycles. The summed E-state index contributed by atoms with van der Waals surface area (Å²) in [5, 5.41) is 15.9. The Labute approximate surface area is 66.6 Å². The highest BCUT2D eigenvalue weighted by molar-refractivity contribution is 7.08. The first-order valence-electron chi connectivity index (χ1n) is 2.77. The third-order valence-electron chi connectivity index (χ3n) is 0.817. The minimum absolute atomic E-state index is 0.188. The van der Waals surface area contributed by atoms with Gasteiger partial charge in [0, 0.05) is 0 Å². The van der Waals surface area contributed by atoms with Crippen molar-refractivity contribution in [2.24, 2.45) is 0 Å². The van der Waals surface area contributed by atoms with Gasteiger partial charge in [-0.05, 0) is 0 Å². The SMILES string of the molecule is O=C(O)COCc1nn[c]s1. The highest BCUT2D eigenvalue weighted by atomic mass is 32.1. The Kier molecular flexibility index (Phi) is 2.94. The summed E-state index contributed by atoms with van der Waals surface area (Å²) >= 11 is 1.21. The van der Waals surface area contributed by atoms with Gasteiger partial charge in [0.05, 0.1) is 0 Å². The molecule has 0 fully saturated rings. The number of ether oxygens (including phenoxy) is 1. The standard InChI is InChI=1S/C5H5N2O3S/c8-5(9)2-10-1-4-7-6-3-11-4/h1-2H2,(H,8,9). The van der Waals surface area contributed by atoms with Crippen LogP contribution in [0.5, 0.6) is 0 Å². The summed E-state index contributed by atoms with van der Waals surface area (Å²) in [4.78, 5) is 9.96. The van der Waals surface area contributed by atoms with Crippen LogP contribution in [-0.2, 0) is 16.1 Å². The predicted octanol–water partition coefficient (Wildman–Crippen LogP) is -0.0605. The average molecular weight is 173 g/mol. The second-order valence-corrected chi connectivity index (χ2v) is 2.53. The number of rotatable bonds is 4. The van der Waals surface area contributed by atoms with Crippen LogP contribution in [0.2, 0.25) is 0 Å². The first-order chi connectivity index (χ1) is 5.29. The van der Waals surface area contributed by atoms with Crippen molar-refractivity contribution in [1.82, 2.24) is 10.2 Å². The first kappa shape index (κ1) is 8.09. The van der Waals surface area contributed by atoms with Crippen molar-refractivity contribution in [2.45, 2.75) is 6.61 Å². The topological polar surface area (TPSA) is 72.3 Å². The van der Waals surface area contributed by atoms with Crippen molar-refractivity contribution in [3.63, 3.8) is 0 Å². The van der Waals surface area contributed by atoms with Crippen molar-refractivity contribution in [3.8, 4) is 0 Å². The van der Waals surface area contributed by atoms with Gasteiger partial charge < -0.3 is 9.84 Å². The van der Waals surface area contributed by atoms with Gasteiger partial charge in [0.2, 0.25) is 0 Å². The van der Waals surface area contributed by atoms with E-state index in [0.717, 1.165) is 0 Å². The zero-order valence-corrected chi connectivity index (χ0v) is 6.30. The molecule has 0 saturated heterocycles. The molecule has 1 aromatic heterocycles. The van der Waals surface area contributed by atoms with Gasteiger partial charge in [-0.2, -0.15) is 0 Å². The van der Waals surface area contributed by atoms with Crippen LogP contribution in [0.1, 0.15) is 5.01 Å². The van der Waals surface area contributed by atoms with E-state index in [0.29, 0.717) is 5.01 Å². The fourth-order valence-corrected chi connectivity index (χ4v) is 0.865. The van der Waals surface area contributed by atoms with E-state index >= 15 is 0 Å². The predicted molar refractivity (Wildman–Crippen MR) is 36.0 cm³/mol. The molecule has 5 nitrogen and oxygen atoms in total. The lowest BCUT2D eigenvalue weighted by molar-refractivity contribution is -0.142. The Hall–Kier alpha value is -1.01. The molecule has 1 radical (unpaired) electrons. The molecule has 0 aromatic carbocycles. The molecule has 0 amide bonds. The summed E-state index contributed by atoms with van der Waals surface area (Å²) in [6, 6.07) is 0. The molecular formula is C5H5N2O3S. The van der Waals surface area contributed by atoms with E-state index in [1.165, 1.54) is 11.3 Å². The minimum atomic E-state index is -0.988. The summed E-state index contributed by atoms with van der Waals surface area (Å²) in [6.07, 6.45) is 0. The quantitative estimate of drug-likeness (QED) is 0.690. The van der Waals surface area contributed by atoms with Crippen LogP contribution in [0.4, 0.5) is 0 Å². The molecule has 0 atom stereocenters. The number of nitrogens with zero attached hydrogens (tertiary/aromatic N) is 2. The van der Waals surface area contributed by atoms with Gasteiger partial charge in [-0.1, -0.05) is 11.3 Å². The molecule has 6 heteroatoms. The molecule has 59 valence electrons. The van der Waals surface area contributed by atoms with Gasteiger partial charge >= 0.3 is 5.97 Å². The lowest BCUT2D eigenvalue weighted by atomic mass is 10.7. The number of aliphatic carboxylic acids is 1. The number of aromatic nitrogens is 2. The second-order valence-electron chi connectivity index (χ2n) is 1.67. The van der Waals surface area contributed by atoms with Crippen LogP contribution in [0, 0.1) is 5.51 Å². The van der Waals surface area contributed by atoms with Crippen LogP contribution < -0.4 is 0 Å². The Morgan fingerprint density at radius 2 is 2.64 bits per heavy atom. The van der Waals surface area contributed by atoms with E-state index in [4.69, 9.17) is 9.84 Å². The molecule has 0 aliphatic carbocycles. The minimum Gasteiger partial charge on any atom is -0.480 e.